The van der Waals surface area contributed by atoms with Gasteiger partial charge in [-0.1, -0.05) is 35.9 Å². The lowest BCUT2D eigenvalue weighted by molar-refractivity contribution is -0.149. The van der Waals surface area contributed by atoms with Crippen molar-refractivity contribution in [3.05, 3.63) is 47.0 Å². The fourth-order valence-corrected chi connectivity index (χ4v) is 2.59. The van der Waals surface area contributed by atoms with Gasteiger partial charge in [0.15, 0.2) is 6.61 Å². The van der Waals surface area contributed by atoms with Crippen molar-refractivity contribution in [3.63, 3.8) is 0 Å². The van der Waals surface area contributed by atoms with Crippen LogP contribution in [0, 0.1) is 5.92 Å². The fourth-order valence-electron chi connectivity index (χ4n) is 2.37. The fraction of sp³-hybridized carbons (Fsp3) is 0.412. The summed E-state index contributed by atoms with van der Waals surface area (Å²) in [6, 6.07) is 7.50. The number of carbonyl (C=O) groups excluding carboxylic acids is 2. The van der Waals surface area contributed by atoms with Gasteiger partial charge in [-0.15, -0.1) is 0 Å². The van der Waals surface area contributed by atoms with Gasteiger partial charge in [0.25, 0.3) is 5.91 Å². The first kappa shape index (κ1) is 16.6. The number of esters is 1. The van der Waals surface area contributed by atoms with Gasteiger partial charge in [0.05, 0.1) is 6.42 Å². The second-order valence-corrected chi connectivity index (χ2v) is 5.80. The van der Waals surface area contributed by atoms with Crippen LogP contribution in [0.2, 0.25) is 5.02 Å². The number of amides is 1. The third-order valence-electron chi connectivity index (χ3n) is 3.53. The van der Waals surface area contributed by atoms with E-state index < -0.39 is 0 Å². The summed E-state index contributed by atoms with van der Waals surface area (Å²) in [6.07, 6.45) is 7.15. The van der Waals surface area contributed by atoms with E-state index in [1.165, 1.54) is 0 Å². The summed E-state index contributed by atoms with van der Waals surface area (Å²) in [4.78, 5) is 23.2. The van der Waals surface area contributed by atoms with E-state index in [4.69, 9.17) is 16.3 Å². The minimum atomic E-state index is -0.318. The Hall–Kier alpha value is -1.81. The molecule has 0 aromatic heterocycles. The number of benzene rings is 1. The third kappa shape index (κ3) is 5.90. The minimum absolute atomic E-state index is 0.217. The second kappa shape index (κ2) is 8.59. The number of hydrogen-bond donors (Lipinski definition) is 1. The first-order valence-electron chi connectivity index (χ1n) is 7.47. The summed E-state index contributed by atoms with van der Waals surface area (Å²) in [5.41, 5.74) is 1.05. The predicted octanol–water partition coefficient (Wildman–Crippen LogP) is 2.90. The molecule has 0 spiro atoms. The number of allylic oxidation sites excluding steroid dienone is 2. The van der Waals surface area contributed by atoms with Crippen LogP contribution in [0.3, 0.4) is 0 Å². The lowest BCUT2D eigenvalue weighted by atomic mass is 10.1. The highest BCUT2D eigenvalue weighted by molar-refractivity contribution is 6.30. The van der Waals surface area contributed by atoms with E-state index in [9.17, 15) is 9.59 Å². The summed E-state index contributed by atoms with van der Waals surface area (Å²) in [6.45, 7) is 0.271. The number of ether oxygens (including phenoxy) is 1. The average Bonchev–Trinajstić information content (AvgIpc) is 2.98. The minimum Gasteiger partial charge on any atom is -0.456 e. The van der Waals surface area contributed by atoms with Crippen molar-refractivity contribution in [3.8, 4) is 0 Å². The molecule has 1 N–H and O–H groups in total. The predicted molar refractivity (Wildman–Crippen MR) is 85.6 cm³/mol. The van der Waals surface area contributed by atoms with E-state index in [1.807, 2.05) is 30.3 Å². The molecule has 0 bridgehead atoms. The standard InChI is InChI=1S/C17H20ClNO3/c18-15-7-3-6-14(10-15)8-9-19-16(20)12-22-17(21)11-13-4-1-2-5-13/h1,3-4,6-7,10,13H,2,5,8-9,11-12H2,(H,19,20)/t13-/m1/s1. The molecule has 1 aromatic carbocycles. The van der Waals surface area contributed by atoms with E-state index in [2.05, 4.69) is 11.4 Å². The first-order chi connectivity index (χ1) is 10.6. The summed E-state index contributed by atoms with van der Waals surface area (Å²) in [5.74, 6) is -0.336. The molecule has 1 aliphatic carbocycles. The van der Waals surface area contributed by atoms with Gasteiger partial charge in [-0.3, -0.25) is 9.59 Å². The Morgan fingerprint density at radius 3 is 2.95 bits per heavy atom. The van der Waals surface area contributed by atoms with Crippen molar-refractivity contribution in [1.29, 1.82) is 0 Å². The van der Waals surface area contributed by atoms with E-state index in [-0.39, 0.29) is 24.4 Å². The van der Waals surface area contributed by atoms with Crippen molar-refractivity contribution >= 4 is 23.5 Å². The lowest BCUT2D eigenvalue weighted by Crippen LogP contribution is -2.30. The van der Waals surface area contributed by atoms with Gasteiger partial charge in [-0.25, -0.2) is 0 Å². The second-order valence-electron chi connectivity index (χ2n) is 5.36. The van der Waals surface area contributed by atoms with Crippen LogP contribution in [0.25, 0.3) is 0 Å². The van der Waals surface area contributed by atoms with E-state index in [0.717, 1.165) is 18.4 Å². The SMILES string of the molecule is O=C(COC(=O)C[C@@H]1C=CCC1)NCCc1cccc(Cl)c1. The van der Waals surface area contributed by atoms with E-state index in [0.29, 0.717) is 24.4 Å². The van der Waals surface area contributed by atoms with Crippen LogP contribution in [0.15, 0.2) is 36.4 Å². The van der Waals surface area contributed by atoms with E-state index in [1.54, 1.807) is 0 Å². The van der Waals surface area contributed by atoms with Crippen LogP contribution >= 0.6 is 11.6 Å². The quantitative estimate of drug-likeness (QED) is 0.620. The molecule has 4 nitrogen and oxygen atoms in total. The molecule has 0 saturated heterocycles. The summed E-state index contributed by atoms with van der Waals surface area (Å²) in [5, 5.41) is 3.41. The Kier molecular flexibility index (Phi) is 6.46. The Morgan fingerprint density at radius 1 is 1.36 bits per heavy atom. The molecule has 0 unspecified atom stereocenters. The molecule has 0 radical (unpaired) electrons. The van der Waals surface area contributed by atoms with Crippen LogP contribution in [0.1, 0.15) is 24.8 Å². The van der Waals surface area contributed by atoms with Gasteiger partial charge >= 0.3 is 5.97 Å². The highest BCUT2D eigenvalue weighted by Crippen LogP contribution is 2.20. The molecule has 2 rings (SSSR count). The van der Waals surface area contributed by atoms with Gasteiger partial charge in [0, 0.05) is 11.6 Å². The molecule has 5 heteroatoms. The highest BCUT2D eigenvalue weighted by atomic mass is 35.5. The van der Waals surface area contributed by atoms with Crippen LogP contribution in [-0.2, 0) is 20.7 Å². The number of hydrogen-bond acceptors (Lipinski definition) is 3. The molecule has 0 saturated carbocycles. The number of halogens is 1. The molecular weight excluding hydrogens is 302 g/mol. The summed E-state index contributed by atoms with van der Waals surface area (Å²) >= 11 is 5.89. The molecule has 22 heavy (non-hydrogen) atoms. The molecule has 0 fully saturated rings. The zero-order chi connectivity index (χ0) is 15.8. The normalized spacial score (nSPS) is 16.5. The van der Waals surface area contributed by atoms with Gasteiger partial charge < -0.3 is 10.1 Å². The lowest BCUT2D eigenvalue weighted by Gasteiger charge is -2.09. The maximum atomic E-state index is 11.6. The molecule has 0 aliphatic heterocycles. The van der Waals surface area contributed by atoms with Crippen molar-refractivity contribution < 1.29 is 14.3 Å². The Balaban J connectivity index is 1.59. The van der Waals surface area contributed by atoms with Gasteiger partial charge in [-0.05, 0) is 42.9 Å². The van der Waals surface area contributed by atoms with Crippen LogP contribution in [0.5, 0.6) is 0 Å². The molecule has 1 aliphatic rings. The van der Waals surface area contributed by atoms with Crippen molar-refractivity contribution in [2.75, 3.05) is 13.2 Å². The number of nitrogens with one attached hydrogen (secondary N) is 1. The molecule has 118 valence electrons. The molecule has 1 atom stereocenters. The molecule has 1 aromatic rings. The van der Waals surface area contributed by atoms with Crippen molar-refractivity contribution in [2.24, 2.45) is 5.92 Å². The van der Waals surface area contributed by atoms with E-state index >= 15 is 0 Å². The monoisotopic (exact) mass is 321 g/mol. The average molecular weight is 322 g/mol. The number of rotatable bonds is 7. The zero-order valence-corrected chi connectivity index (χ0v) is 13.1. The summed E-state index contributed by atoms with van der Waals surface area (Å²) in [7, 11) is 0. The van der Waals surface area contributed by atoms with Gasteiger partial charge in [0.2, 0.25) is 0 Å². The van der Waals surface area contributed by atoms with Crippen molar-refractivity contribution in [1.82, 2.24) is 5.32 Å². The third-order valence-corrected chi connectivity index (χ3v) is 3.77. The molecule has 0 heterocycles. The molecular formula is C17H20ClNO3. The van der Waals surface area contributed by atoms with Crippen LogP contribution in [-0.4, -0.2) is 25.0 Å². The van der Waals surface area contributed by atoms with Gasteiger partial charge in [0.1, 0.15) is 0 Å². The largest absolute Gasteiger partial charge is 0.456 e. The Bertz CT molecular complexity index is 557. The summed E-state index contributed by atoms with van der Waals surface area (Å²) < 4.78 is 4.98. The van der Waals surface area contributed by atoms with Crippen LogP contribution in [0.4, 0.5) is 0 Å². The first-order valence-corrected chi connectivity index (χ1v) is 7.84. The van der Waals surface area contributed by atoms with Crippen LogP contribution < -0.4 is 5.32 Å². The maximum absolute atomic E-state index is 11.6. The highest BCUT2D eigenvalue weighted by Gasteiger charge is 2.15. The Labute approximate surface area is 135 Å². The number of carbonyl (C=O) groups is 2. The van der Waals surface area contributed by atoms with Crippen molar-refractivity contribution in [2.45, 2.75) is 25.7 Å². The topological polar surface area (TPSA) is 55.4 Å². The smallest absolute Gasteiger partial charge is 0.306 e. The zero-order valence-electron chi connectivity index (χ0n) is 12.4. The maximum Gasteiger partial charge on any atom is 0.306 e. The molecule has 1 amide bonds. The van der Waals surface area contributed by atoms with Gasteiger partial charge in [-0.2, -0.15) is 0 Å². The Morgan fingerprint density at radius 2 is 2.23 bits per heavy atom.